The Labute approximate surface area is 172 Å². The summed E-state index contributed by atoms with van der Waals surface area (Å²) in [5.41, 5.74) is -1.73. The second-order valence-electron chi connectivity index (χ2n) is 6.39. The number of carbonyl (C=O) groups excluding carboxylic acids is 1. The molecule has 2 aromatic carbocycles. The lowest BCUT2D eigenvalue weighted by molar-refractivity contribution is -0.138. The van der Waals surface area contributed by atoms with Crippen LogP contribution in [-0.2, 0) is 12.4 Å². The quantitative estimate of drug-likeness (QED) is 0.503. The second-order valence-corrected chi connectivity index (χ2v) is 6.39. The number of ether oxygens (including phenoxy) is 1. The lowest BCUT2D eigenvalue weighted by Gasteiger charge is -2.13. The van der Waals surface area contributed by atoms with Crippen molar-refractivity contribution in [1.82, 2.24) is 4.98 Å². The number of nitrogens with one attached hydrogen (secondary N) is 1. The first-order valence-corrected chi connectivity index (χ1v) is 8.69. The summed E-state index contributed by atoms with van der Waals surface area (Å²) >= 11 is 0. The van der Waals surface area contributed by atoms with E-state index in [1.54, 1.807) is 0 Å². The Hall–Kier alpha value is -3.56. The lowest BCUT2D eigenvalue weighted by Crippen LogP contribution is -2.14. The predicted molar refractivity (Wildman–Crippen MR) is 101 cm³/mol. The smallest absolute Gasteiger partial charge is 0.416 e. The molecule has 3 rings (SSSR count). The van der Waals surface area contributed by atoms with Gasteiger partial charge < -0.3 is 10.1 Å². The highest BCUT2D eigenvalue weighted by atomic mass is 19.4. The van der Waals surface area contributed by atoms with E-state index in [4.69, 9.17) is 4.74 Å². The summed E-state index contributed by atoms with van der Waals surface area (Å²) in [6.45, 7) is 0. The number of aromatic nitrogens is 1. The lowest BCUT2D eigenvalue weighted by atomic mass is 10.1. The van der Waals surface area contributed by atoms with Gasteiger partial charge in [0, 0.05) is 17.2 Å². The molecule has 0 fully saturated rings. The first kappa shape index (κ1) is 22.1. The van der Waals surface area contributed by atoms with Crippen LogP contribution >= 0.6 is 0 Å². The molecule has 1 amide bonds. The van der Waals surface area contributed by atoms with Crippen molar-refractivity contribution in [1.29, 1.82) is 0 Å². The largest absolute Gasteiger partial charge is 0.494 e. The van der Waals surface area contributed by atoms with Gasteiger partial charge in [0.1, 0.15) is 11.4 Å². The van der Waals surface area contributed by atoms with Crippen molar-refractivity contribution in [2.75, 3.05) is 12.4 Å². The number of alkyl halides is 6. The van der Waals surface area contributed by atoms with Crippen LogP contribution in [0.3, 0.4) is 0 Å². The number of nitrogens with zero attached hydrogens (tertiary/aromatic N) is 1. The number of pyridine rings is 1. The van der Waals surface area contributed by atoms with E-state index in [9.17, 15) is 31.1 Å². The van der Waals surface area contributed by atoms with Crippen molar-refractivity contribution < 1.29 is 35.9 Å². The normalized spacial score (nSPS) is 11.8. The summed E-state index contributed by atoms with van der Waals surface area (Å²) in [7, 11) is 1.27. The highest BCUT2D eigenvalue weighted by molar-refractivity contribution is 6.04. The molecule has 0 saturated carbocycles. The Balaban J connectivity index is 1.88. The second kappa shape index (κ2) is 8.29. The average molecular weight is 440 g/mol. The fraction of sp³-hybridized carbons (Fsp3) is 0.143. The summed E-state index contributed by atoms with van der Waals surface area (Å²) in [6.07, 6.45) is -7.97. The number of amides is 1. The third-order valence-corrected chi connectivity index (χ3v) is 4.25. The number of rotatable bonds is 4. The van der Waals surface area contributed by atoms with E-state index < -0.39 is 29.4 Å². The van der Waals surface area contributed by atoms with E-state index in [1.165, 1.54) is 37.6 Å². The Morgan fingerprint density at radius 1 is 0.903 bits per heavy atom. The van der Waals surface area contributed by atoms with Crippen LogP contribution in [0.15, 0.2) is 60.8 Å². The number of carbonyl (C=O) groups is 1. The Morgan fingerprint density at radius 3 is 2.13 bits per heavy atom. The van der Waals surface area contributed by atoms with Crippen LogP contribution in [0.1, 0.15) is 21.5 Å². The summed E-state index contributed by atoms with van der Waals surface area (Å²) in [4.78, 5) is 16.4. The van der Waals surface area contributed by atoms with Gasteiger partial charge in [0.25, 0.3) is 5.91 Å². The standard InChI is InChI=1S/C21H14F6N2O2/c1-31-17-10-16(29-19(30)13-5-3-7-15(9-13)21(25,26)27)11-28-18(17)12-4-2-6-14(8-12)20(22,23)24/h2-11H,1H3,(H,29,30). The van der Waals surface area contributed by atoms with E-state index >= 15 is 0 Å². The zero-order chi connectivity index (χ0) is 22.8. The third-order valence-electron chi connectivity index (χ3n) is 4.25. The van der Waals surface area contributed by atoms with Crippen molar-refractivity contribution in [3.63, 3.8) is 0 Å². The molecular formula is C21H14F6N2O2. The van der Waals surface area contributed by atoms with E-state index in [2.05, 4.69) is 10.3 Å². The first-order chi connectivity index (χ1) is 14.5. The molecule has 31 heavy (non-hydrogen) atoms. The van der Waals surface area contributed by atoms with Gasteiger partial charge in [-0.3, -0.25) is 9.78 Å². The Bertz CT molecular complexity index is 1110. The molecule has 0 aliphatic heterocycles. The highest BCUT2D eigenvalue weighted by Crippen LogP contribution is 2.35. The predicted octanol–water partition coefficient (Wildman–Crippen LogP) is 6.05. The van der Waals surface area contributed by atoms with Gasteiger partial charge in [0.15, 0.2) is 0 Å². The molecule has 10 heteroatoms. The number of methoxy groups -OCH3 is 1. The molecule has 0 spiro atoms. The van der Waals surface area contributed by atoms with Crippen LogP contribution in [0.25, 0.3) is 11.3 Å². The van der Waals surface area contributed by atoms with Gasteiger partial charge in [-0.05, 0) is 30.3 Å². The van der Waals surface area contributed by atoms with Crippen LogP contribution in [0.5, 0.6) is 5.75 Å². The molecule has 1 heterocycles. The molecule has 1 N–H and O–H groups in total. The molecule has 3 aromatic rings. The molecular weight excluding hydrogens is 426 g/mol. The van der Waals surface area contributed by atoms with Gasteiger partial charge in [-0.15, -0.1) is 0 Å². The maximum Gasteiger partial charge on any atom is 0.416 e. The molecule has 0 bridgehead atoms. The monoisotopic (exact) mass is 440 g/mol. The maximum absolute atomic E-state index is 13.0. The van der Waals surface area contributed by atoms with Gasteiger partial charge in [-0.1, -0.05) is 18.2 Å². The minimum atomic E-state index is -4.60. The number of halogens is 6. The number of benzene rings is 2. The molecule has 0 saturated heterocycles. The average Bonchev–Trinajstić information content (AvgIpc) is 2.72. The fourth-order valence-corrected chi connectivity index (χ4v) is 2.77. The van der Waals surface area contributed by atoms with Crippen LogP contribution < -0.4 is 10.1 Å². The fourth-order valence-electron chi connectivity index (χ4n) is 2.77. The summed E-state index contributed by atoms with van der Waals surface area (Å²) in [5.74, 6) is -0.747. The molecule has 0 atom stereocenters. The van der Waals surface area contributed by atoms with Crippen LogP contribution in [0, 0.1) is 0 Å². The molecule has 0 aliphatic carbocycles. The summed E-state index contributed by atoms with van der Waals surface area (Å²) in [6, 6.07) is 9.64. The van der Waals surface area contributed by atoms with E-state index in [0.29, 0.717) is 6.07 Å². The molecule has 4 nitrogen and oxygen atoms in total. The first-order valence-electron chi connectivity index (χ1n) is 8.69. The zero-order valence-electron chi connectivity index (χ0n) is 15.8. The van der Waals surface area contributed by atoms with E-state index in [-0.39, 0.29) is 28.3 Å². The SMILES string of the molecule is COc1cc(NC(=O)c2cccc(C(F)(F)F)c2)cnc1-c1cccc(C(F)(F)F)c1. The molecule has 162 valence electrons. The van der Waals surface area contributed by atoms with Crippen LogP contribution in [0.4, 0.5) is 32.0 Å². The van der Waals surface area contributed by atoms with Gasteiger partial charge in [-0.25, -0.2) is 0 Å². The number of anilines is 1. The summed E-state index contributed by atoms with van der Waals surface area (Å²) in [5, 5.41) is 2.40. The minimum Gasteiger partial charge on any atom is -0.494 e. The Morgan fingerprint density at radius 2 is 1.52 bits per heavy atom. The van der Waals surface area contributed by atoms with E-state index in [1.807, 2.05) is 0 Å². The van der Waals surface area contributed by atoms with Crippen molar-refractivity contribution in [3.05, 3.63) is 77.5 Å². The third kappa shape index (κ3) is 5.14. The molecule has 0 unspecified atom stereocenters. The van der Waals surface area contributed by atoms with Crippen molar-refractivity contribution >= 4 is 11.6 Å². The summed E-state index contributed by atoms with van der Waals surface area (Å²) < 4.78 is 82.6. The van der Waals surface area contributed by atoms with Gasteiger partial charge in [-0.2, -0.15) is 26.3 Å². The van der Waals surface area contributed by atoms with E-state index in [0.717, 1.165) is 24.3 Å². The van der Waals surface area contributed by atoms with Gasteiger partial charge >= 0.3 is 12.4 Å². The minimum absolute atomic E-state index is 0.0705. The van der Waals surface area contributed by atoms with Gasteiger partial charge in [0.05, 0.1) is 30.1 Å². The van der Waals surface area contributed by atoms with Crippen LogP contribution in [-0.4, -0.2) is 18.0 Å². The number of hydrogen-bond donors (Lipinski definition) is 1. The maximum atomic E-state index is 13.0. The van der Waals surface area contributed by atoms with Gasteiger partial charge in [0.2, 0.25) is 0 Å². The Kier molecular flexibility index (Phi) is 5.92. The highest BCUT2D eigenvalue weighted by Gasteiger charge is 2.31. The van der Waals surface area contributed by atoms with Crippen molar-refractivity contribution in [2.45, 2.75) is 12.4 Å². The molecule has 1 aromatic heterocycles. The van der Waals surface area contributed by atoms with Crippen molar-refractivity contribution in [2.24, 2.45) is 0 Å². The van der Waals surface area contributed by atoms with Crippen LogP contribution in [0.2, 0.25) is 0 Å². The number of hydrogen-bond acceptors (Lipinski definition) is 3. The zero-order valence-corrected chi connectivity index (χ0v) is 15.8. The topological polar surface area (TPSA) is 51.2 Å². The molecule has 0 aliphatic rings. The molecule has 0 radical (unpaired) electrons. The van der Waals surface area contributed by atoms with Crippen molar-refractivity contribution in [3.8, 4) is 17.0 Å².